The Morgan fingerprint density at radius 2 is 2.18 bits per heavy atom. The van der Waals surface area contributed by atoms with Gasteiger partial charge in [-0.2, -0.15) is 13.2 Å². The van der Waals surface area contributed by atoms with Crippen molar-refractivity contribution in [2.75, 3.05) is 13.2 Å². The SMILES string of the molecule is FC(F)(F)c1ccc(C2OCCNC2Cl)nc1. The molecule has 1 N–H and O–H groups in total. The summed E-state index contributed by atoms with van der Waals surface area (Å²) in [5.41, 5.74) is -0.866. The number of hydrogen-bond acceptors (Lipinski definition) is 3. The second kappa shape index (κ2) is 4.80. The van der Waals surface area contributed by atoms with E-state index in [0.717, 1.165) is 12.3 Å². The summed E-state index contributed by atoms with van der Waals surface area (Å²) >= 11 is 5.95. The maximum Gasteiger partial charge on any atom is 0.417 e. The standard InChI is InChI=1S/C10H10ClF3N2O/c11-9-8(17-4-3-15-9)7-2-1-6(5-16-7)10(12,13)14/h1-2,5,8-9,15H,3-4H2. The minimum atomic E-state index is -4.38. The van der Waals surface area contributed by atoms with Gasteiger partial charge in [0.25, 0.3) is 0 Å². The summed E-state index contributed by atoms with van der Waals surface area (Å²) in [6.45, 7) is 1.07. The Labute approximate surface area is 101 Å². The summed E-state index contributed by atoms with van der Waals surface area (Å²) < 4.78 is 42.4. The van der Waals surface area contributed by atoms with Crippen LogP contribution in [0.5, 0.6) is 0 Å². The normalized spacial score (nSPS) is 25.9. The first-order valence-electron chi connectivity index (χ1n) is 5.00. The van der Waals surface area contributed by atoms with Gasteiger partial charge in [-0.1, -0.05) is 0 Å². The average Bonchev–Trinajstić information content (AvgIpc) is 2.29. The van der Waals surface area contributed by atoms with Crippen LogP contribution in [-0.4, -0.2) is 23.6 Å². The van der Waals surface area contributed by atoms with Crippen LogP contribution in [0.15, 0.2) is 18.3 Å². The van der Waals surface area contributed by atoms with Gasteiger partial charge in [0, 0.05) is 12.7 Å². The zero-order chi connectivity index (χ0) is 12.5. The van der Waals surface area contributed by atoms with Crippen molar-refractivity contribution in [3.63, 3.8) is 0 Å². The summed E-state index contributed by atoms with van der Waals surface area (Å²) in [6.07, 6.45) is -4.11. The van der Waals surface area contributed by atoms with Crippen LogP contribution in [0.2, 0.25) is 0 Å². The predicted octanol–water partition coefficient (Wildman–Crippen LogP) is 2.33. The first kappa shape index (κ1) is 12.6. The van der Waals surface area contributed by atoms with Crippen LogP contribution in [0.3, 0.4) is 0 Å². The fourth-order valence-electron chi connectivity index (χ4n) is 1.55. The van der Waals surface area contributed by atoms with Gasteiger partial charge in [-0.05, 0) is 12.1 Å². The minimum absolute atomic E-state index is 0.394. The highest BCUT2D eigenvalue weighted by atomic mass is 35.5. The first-order valence-corrected chi connectivity index (χ1v) is 5.44. The molecule has 0 saturated carbocycles. The largest absolute Gasteiger partial charge is 0.417 e. The molecule has 1 aliphatic heterocycles. The van der Waals surface area contributed by atoms with E-state index < -0.39 is 23.3 Å². The van der Waals surface area contributed by atoms with E-state index in [-0.39, 0.29) is 0 Å². The van der Waals surface area contributed by atoms with Crippen LogP contribution in [0, 0.1) is 0 Å². The number of morpholine rings is 1. The maximum absolute atomic E-state index is 12.3. The van der Waals surface area contributed by atoms with Crippen LogP contribution < -0.4 is 5.32 Å². The number of alkyl halides is 4. The zero-order valence-electron chi connectivity index (χ0n) is 8.67. The molecular formula is C10H10ClF3N2O. The lowest BCUT2D eigenvalue weighted by molar-refractivity contribution is -0.137. The number of nitrogens with one attached hydrogen (secondary N) is 1. The summed E-state index contributed by atoms with van der Waals surface area (Å²) in [5.74, 6) is 0. The molecule has 0 amide bonds. The molecule has 2 heterocycles. The molecule has 0 bridgehead atoms. The minimum Gasteiger partial charge on any atom is -0.368 e. The van der Waals surface area contributed by atoms with Crippen LogP contribution in [0.1, 0.15) is 17.4 Å². The van der Waals surface area contributed by atoms with Gasteiger partial charge < -0.3 is 4.74 Å². The molecule has 2 rings (SSSR count). The van der Waals surface area contributed by atoms with Crippen molar-refractivity contribution < 1.29 is 17.9 Å². The fourth-order valence-corrected chi connectivity index (χ4v) is 1.86. The number of ether oxygens (including phenoxy) is 1. The molecule has 0 radical (unpaired) electrons. The van der Waals surface area contributed by atoms with E-state index in [1.165, 1.54) is 6.07 Å². The molecule has 7 heteroatoms. The van der Waals surface area contributed by atoms with Gasteiger partial charge in [-0.3, -0.25) is 10.3 Å². The fraction of sp³-hybridized carbons (Fsp3) is 0.500. The number of aromatic nitrogens is 1. The topological polar surface area (TPSA) is 34.1 Å². The molecule has 1 saturated heterocycles. The Balaban J connectivity index is 2.17. The summed E-state index contributed by atoms with van der Waals surface area (Å²) in [5, 5.41) is 2.95. The molecule has 0 aromatic carbocycles. The van der Waals surface area contributed by atoms with Gasteiger partial charge >= 0.3 is 6.18 Å². The third-order valence-electron chi connectivity index (χ3n) is 2.41. The van der Waals surface area contributed by atoms with E-state index in [0.29, 0.717) is 18.8 Å². The quantitative estimate of drug-likeness (QED) is 0.626. The lowest BCUT2D eigenvalue weighted by Gasteiger charge is -2.28. The molecule has 17 heavy (non-hydrogen) atoms. The highest BCUT2D eigenvalue weighted by Crippen LogP contribution is 2.30. The van der Waals surface area contributed by atoms with Gasteiger partial charge in [0.05, 0.1) is 17.9 Å². The van der Waals surface area contributed by atoms with Gasteiger partial charge in [0.2, 0.25) is 0 Å². The van der Waals surface area contributed by atoms with Gasteiger partial charge in [0.1, 0.15) is 11.6 Å². The lowest BCUT2D eigenvalue weighted by atomic mass is 10.1. The summed E-state index contributed by atoms with van der Waals surface area (Å²) in [4.78, 5) is 3.75. The van der Waals surface area contributed by atoms with E-state index in [1.54, 1.807) is 0 Å². The molecule has 0 spiro atoms. The third-order valence-corrected chi connectivity index (χ3v) is 2.79. The Hall–Kier alpha value is -0.850. The molecule has 2 unspecified atom stereocenters. The highest BCUT2D eigenvalue weighted by molar-refractivity contribution is 6.20. The molecule has 94 valence electrons. The number of nitrogens with zero attached hydrogens (tertiary/aromatic N) is 1. The molecule has 1 aromatic rings. The zero-order valence-corrected chi connectivity index (χ0v) is 9.42. The van der Waals surface area contributed by atoms with Gasteiger partial charge in [0.15, 0.2) is 0 Å². The Morgan fingerprint density at radius 3 is 2.71 bits per heavy atom. The average molecular weight is 267 g/mol. The number of rotatable bonds is 1. The Kier molecular flexibility index (Phi) is 3.56. The van der Waals surface area contributed by atoms with Crippen LogP contribution in [-0.2, 0) is 10.9 Å². The lowest BCUT2D eigenvalue weighted by Crippen LogP contribution is -2.40. The van der Waals surface area contributed by atoms with Crippen LogP contribution in [0.25, 0.3) is 0 Å². The van der Waals surface area contributed by atoms with Crippen molar-refractivity contribution in [1.82, 2.24) is 10.3 Å². The van der Waals surface area contributed by atoms with E-state index in [1.807, 2.05) is 0 Å². The van der Waals surface area contributed by atoms with Crippen molar-refractivity contribution in [3.05, 3.63) is 29.6 Å². The summed E-state index contributed by atoms with van der Waals surface area (Å²) in [6, 6.07) is 2.26. The van der Waals surface area contributed by atoms with E-state index in [2.05, 4.69) is 10.3 Å². The highest BCUT2D eigenvalue weighted by Gasteiger charge is 2.32. The van der Waals surface area contributed by atoms with Crippen molar-refractivity contribution in [3.8, 4) is 0 Å². The molecule has 0 aliphatic carbocycles. The van der Waals surface area contributed by atoms with Crippen LogP contribution in [0.4, 0.5) is 13.2 Å². The molecular weight excluding hydrogens is 257 g/mol. The van der Waals surface area contributed by atoms with E-state index in [4.69, 9.17) is 16.3 Å². The molecule has 1 fully saturated rings. The summed E-state index contributed by atoms with van der Waals surface area (Å²) in [7, 11) is 0. The second-order valence-corrected chi connectivity index (χ2v) is 4.09. The van der Waals surface area contributed by atoms with E-state index >= 15 is 0 Å². The number of halogens is 4. The Bertz CT molecular complexity index is 382. The Morgan fingerprint density at radius 1 is 1.41 bits per heavy atom. The molecule has 2 atom stereocenters. The first-order chi connectivity index (χ1) is 7.98. The van der Waals surface area contributed by atoms with Gasteiger partial charge in [-0.15, -0.1) is 11.6 Å². The monoisotopic (exact) mass is 266 g/mol. The van der Waals surface area contributed by atoms with Crippen molar-refractivity contribution in [2.45, 2.75) is 17.8 Å². The predicted molar refractivity (Wildman–Crippen MR) is 55.6 cm³/mol. The van der Waals surface area contributed by atoms with Crippen molar-refractivity contribution >= 4 is 11.6 Å². The molecule has 3 nitrogen and oxygen atoms in total. The van der Waals surface area contributed by atoms with Gasteiger partial charge in [-0.25, -0.2) is 0 Å². The molecule has 1 aliphatic rings. The van der Waals surface area contributed by atoms with E-state index in [9.17, 15) is 13.2 Å². The number of pyridine rings is 1. The maximum atomic E-state index is 12.3. The third kappa shape index (κ3) is 2.88. The van der Waals surface area contributed by atoms with Crippen LogP contribution >= 0.6 is 11.6 Å². The number of hydrogen-bond donors (Lipinski definition) is 1. The van der Waals surface area contributed by atoms with Crippen molar-refractivity contribution in [1.29, 1.82) is 0 Å². The molecule has 1 aromatic heterocycles. The van der Waals surface area contributed by atoms with Crippen molar-refractivity contribution in [2.24, 2.45) is 0 Å². The second-order valence-electron chi connectivity index (χ2n) is 3.62. The smallest absolute Gasteiger partial charge is 0.368 e.